The van der Waals surface area contributed by atoms with Crippen molar-refractivity contribution in [3.05, 3.63) is 143 Å². The van der Waals surface area contributed by atoms with Gasteiger partial charge in [0.1, 0.15) is 0 Å². The summed E-state index contributed by atoms with van der Waals surface area (Å²) in [6, 6.07) is 19.2. The van der Waals surface area contributed by atoms with E-state index < -0.39 is 20.3 Å². The Balaban J connectivity index is -0.0000000355. The molecule has 2 aromatic rings. The second-order valence-corrected chi connectivity index (χ2v) is 5.47. The van der Waals surface area contributed by atoms with Crippen LogP contribution in [0.2, 0.25) is 0 Å². The Kier molecular flexibility index (Phi) is 84.6. The van der Waals surface area contributed by atoms with Gasteiger partial charge in [0.25, 0.3) is 0 Å². The summed E-state index contributed by atoms with van der Waals surface area (Å²) in [6.07, 6.45) is 0.981. The van der Waals surface area contributed by atoms with E-state index in [2.05, 4.69) is 0 Å². The molecule has 29 heteroatoms. The third-order valence-corrected chi connectivity index (χ3v) is 2.74. The van der Waals surface area contributed by atoms with Crippen LogP contribution >= 0.6 is 0 Å². The van der Waals surface area contributed by atoms with Crippen LogP contribution in [-0.4, -0.2) is 37.5 Å². The maximum absolute atomic E-state index is 10.0. The summed E-state index contributed by atoms with van der Waals surface area (Å²) >= 11 is 0. The third-order valence-electron chi connectivity index (χ3n) is 2.74. The van der Waals surface area contributed by atoms with Gasteiger partial charge in [0.05, 0.1) is 33.2 Å². The van der Waals surface area contributed by atoms with Gasteiger partial charge in [0.2, 0.25) is 11.7 Å². The average molecular weight is 1110 g/mol. The van der Waals surface area contributed by atoms with Gasteiger partial charge in [-0.15, -0.1) is 0 Å². The van der Waals surface area contributed by atoms with Crippen LogP contribution in [0.25, 0.3) is 0 Å². The average Bonchev–Trinajstić information content (AvgIpc) is 2.79. The van der Waals surface area contributed by atoms with Gasteiger partial charge in [0.15, 0.2) is 0 Å². The van der Waals surface area contributed by atoms with Crippen LogP contribution in [0.4, 0.5) is 0 Å². The molecule has 0 aliphatic rings. The molecule has 45 heavy (non-hydrogen) atoms. The van der Waals surface area contributed by atoms with Crippen molar-refractivity contribution in [3.8, 4) is 0 Å². The molecule has 0 saturated heterocycles. The van der Waals surface area contributed by atoms with Gasteiger partial charge >= 0.3 is 0 Å². The van der Waals surface area contributed by atoms with Crippen LogP contribution in [0.5, 0.6) is 0 Å². The van der Waals surface area contributed by atoms with Crippen LogP contribution in [0.15, 0.2) is 60.7 Å². The Hall–Kier alpha value is -4.32. The molecule has 0 heterocycles. The molecule has 2 rings (SSSR count). The van der Waals surface area contributed by atoms with Crippen LogP contribution in [0.1, 0.15) is 11.1 Å². The van der Waals surface area contributed by atoms with Gasteiger partial charge in [-0.1, -0.05) is 60.7 Å². The van der Waals surface area contributed by atoms with Crippen LogP contribution in [0, 0.1) is 134 Å². The van der Waals surface area contributed by atoms with E-state index >= 15 is 0 Å². The standard InChI is InChI=1S/2C8H10N2O.4NO3.H2O.4O.2U/c2*9-8(10-11)6-7-4-2-1-3-5-7;4*2-1(3)4;;;;;;;/h2*1-5,10H,6,9H2;;;;;1H2;;;;;;/q;;4*-1;;4*-2;;/b2*10-8-;;;;;;;;;;;. The molecule has 0 fully saturated rings. The first kappa shape index (κ1) is 72.7. The number of benzene rings is 2. The zero-order valence-electron chi connectivity index (χ0n) is 22.0. The third kappa shape index (κ3) is 100. The summed E-state index contributed by atoms with van der Waals surface area (Å²) in [5.74, 6) is 0.493. The van der Waals surface area contributed by atoms with Crippen molar-refractivity contribution in [2.45, 2.75) is 12.8 Å². The van der Waals surface area contributed by atoms with E-state index in [1.54, 1.807) is 10.3 Å². The second-order valence-electron chi connectivity index (χ2n) is 5.47. The molecule has 0 aliphatic heterocycles. The Morgan fingerprint density at radius 2 is 0.667 bits per heavy atom. The Morgan fingerprint density at radius 1 is 0.511 bits per heavy atom. The van der Waals surface area contributed by atoms with E-state index in [0.717, 1.165) is 11.1 Å². The fourth-order valence-corrected chi connectivity index (χ4v) is 1.70. The van der Waals surface area contributed by atoms with Crippen molar-refractivity contribution in [1.29, 1.82) is 0 Å². The number of hydrogen-bond acceptors (Lipinski definition) is 14. The molecular weight excluding hydrogens is 1080 g/mol. The summed E-state index contributed by atoms with van der Waals surface area (Å²) in [5.41, 5.74) is 12.7. The van der Waals surface area contributed by atoms with Crippen LogP contribution < -0.4 is 21.8 Å². The molecular formula is C16H22N8O19U2-12. The summed E-state index contributed by atoms with van der Waals surface area (Å²) in [4.78, 5) is 33.0. The number of nitrogens with zero attached hydrogens (tertiary/aromatic N) is 4. The Labute approximate surface area is 298 Å². The number of hydrogen-bond donors (Lipinski definition) is 4. The van der Waals surface area contributed by atoms with Crippen molar-refractivity contribution in [2.75, 3.05) is 0 Å². The molecule has 0 spiro atoms. The minimum Gasteiger partial charge on any atom is -2.00 e. The smallest absolute Gasteiger partial charge is 0.247 e. The molecule has 0 radical (unpaired) electrons. The normalized spacial score (nSPS) is 7.73. The molecule has 0 atom stereocenters. The molecule has 0 saturated carbocycles. The summed E-state index contributed by atoms with van der Waals surface area (Å²) < 4.78 is 0. The molecule has 0 unspecified atom stereocenters. The Morgan fingerprint density at radius 3 is 0.800 bits per heavy atom. The maximum Gasteiger partial charge on any atom is 0.247 e. The number of amidine groups is 2. The predicted octanol–water partition coefficient (Wildman–Crippen LogP) is -3.93. The zero-order valence-corrected chi connectivity index (χ0v) is 30.3. The van der Waals surface area contributed by atoms with E-state index in [1.807, 2.05) is 60.7 Å². The molecule has 0 amide bonds. The van der Waals surface area contributed by atoms with Crippen LogP contribution in [-0.2, 0) is 34.7 Å². The largest absolute Gasteiger partial charge is 2.00 e. The van der Waals surface area contributed by atoms with Crippen LogP contribution in [0.3, 0.4) is 0 Å². The first-order valence-electron chi connectivity index (χ1n) is 8.91. The molecule has 0 bridgehead atoms. The molecule has 27 nitrogen and oxygen atoms in total. The van der Waals surface area contributed by atoms with Crippen molar-refractivity contribution in [1.82, 2.24) is 0 Å². The van der Waals surface area contributed by atoms with E-state index in [4.69, 9.17) is 72.8 Å². The molecule has 260 valence electrons. The first-order chi connectivity index (χ1) is 17.6. The maximum atomic E-state index is 10.0. The zero-order chi connectivity index (χ0) is 30.5. The minimum atomic E-state index is -1.75. The first-order valence-corrected chi connectivity index (χ1v) is 8.91. The quantitative estimate of drug-likeness (QED) is 0.0747. The van der Waals surface area contributed by atoms with E-state index in [0.29, 0.717) is 12.8 Å². The van der Waals surface area contributed by atoms with Gasteiger partial charge in [0, 0.05) is 62.2 Å². The van der Waals surface area contributed by atoms with Crippen molar-refractivity contribution < 1.29 is 120 Å². The molecule has 0 aromatic heterocycles. The second kappa shape index (κ2) is 52.3. The SMILES string of the molecule is N/C(Cc1ccccc1)=[NH+]\[O-].N/C(Cc1ccccc1)=[NH+]\[O-].O.O=[N+]([O-])[O-].O=[N+]([O-])[O-].O=[N+]([O-])[O-].O=[N+]([O-])[O-].[O-2].[O-2].[O-2].[O-2].[U].[U]. The molecule has 0 aliphatic carbocycles. The minimum absolute atomic E-state index is 0. The number of nitrogens with two attached hydrogens (primary N) is 2. The van der Waals surface area contributed by atoms with Gasteiger partial charge in [-0.2, -0.15) is 0 Å². The summed E-state index contributed by atoms with van der Waals surface area (Å²) in [5, 5.41) is 82.4. The van der Waals surface area contributed by atoms with Gasteiger partial charge in [-0.05, 0) is 11.1 Å². The van der Waals surface area contributed by atoms with Gasteiger partial charge in [-0.3, -0.25) is 21.8 Å². The van der Waals surface area contributed by atoms with Gasteiger partial charge < -0.3 is 99.1 Å². The van der Waals surface area contributed by atoms with E-state index in [1.165, 1.54) is 0 Å². The van der Waals surface area contributed by atoms with Crippen molar-refractivity contribution in [2.24, 2.45) is 11.5 Å². The van der Waals surface area contributed by atoms with Crippen molar-refractivity contribution >= 4 is 11.7 Å². The predicted molar refractivity (Wildman–Crippen MR) is 135 cm³/mol. The topological polar surface area (TPSA) is 536 Å². The number of rotatable bonds is 4. The number of nitrogens with one attached hydrogen (secondary N) is 2. The molecule has 2 aromatic carbocycles. The van der Waals surface area contributed by atoms with Gasteiger partial charge in [-0.25, -0.2) is 0 Å². The van der Waals surface area contributed by atoms with E-state index in [-0.39, 0.29) is 101 Å². The van der Waals surface area contributed by atoms with E-state index in [9.17, 15) is 10.4 Å². The fraction of sp³-hybridized carbons (Fsp3) is 0.125. The Bertz CT molecular complexity index is 875. The van der Waals surface area contributed by atoms with Crippen molar-refractivity contribution in [3.63, 3.8) is 0 Å². The molecule has 8 N–H and O–H groups in total. The summed E-state index contributed by atoms with van der Waals surface area (Å²) in [6.45, 7) is 0. The monoisotopic (exact) mass is 1110 g/mol. The summed E-state index contributed by atoms with van der Waals surface area (Å²) in [7, 11) is 0. The fourth-order valence-electron chi connectivity index (χ4n) is 1.70.